The molecule has 1 aliphatic heterocycles. The number of carbonyl (C=O) groups is 18. The quantitative estimate of drug-likeness (QED) is 0.0251. The highest BCUT2D eigenvalue weighted by Crippen LogP contribution is 2.23. The maximum atomic E-state index is 15.1. The Bertz CT molecular complexity index is 4310. The Labute approximate surface area is 704 Å². The molecule has 0 radical (unpaired) electrons. The Morgan fingerprint density at radius 3 is 1.07 bits per heavy atom. The van der Waals surface area contributed by atoms with Gasteiger partial charge in [0.1, 0.15) is 84.0 Å². The third-order valence-corrected chi connectivity index (χ3v) is 21.0. The van der Waals surface area contributed by atoms with Crippen molar-refractivity contribution in [2.45, 2.75) is 236 Å². The van der Waals surface area contributed by atoms with Gasteiger partial charge in [0.15, 0.2) is 0 Å². The molecule has 14 amide bonds. The summed E-state index contributed by atoms with van der Waals surface area (Å²) in [7, 11) is 0. The van der Waals surface area contributed by atoms with Crippen LogP contribution >= 0.6 is 0 Å². The van der Waals surface area contributed by atoms with Crippen molar-refractivity contribution in [2.24, 2.45) is 35.0 Å². The lowest BCUT2D eigenvalue weighted by Gasteiger charge is -2.31. The van der Waals surface area contributed by atoms with Gasteiger partial charge in [0, 0.05) is 57.9 Å². The normalized spacial score (nSPS) is 16.0. The van der Waals surface area contributed by atoms with E-state index in [0.717, 1.165) is 4.90 Å². The van der Waals surface area contributed by atoms with E-state index in [2.05, 4.69) is 58.5 Å². The molecule has 1 saturated heterocycles. The number of hydrogen-bond donors (Lipinski definition) is 20. The third kappa shape index (κ3) is 32.9. The fourth-order valence-corrected chi connectivity index (χ4v) is 13.2. The number of hydrogen-bond acceptors (Lipinski definition) is 21. The summed E-state index contributed by atoms with van der Waals surface area (Å²) in [5.74, 6) is -23.2. The summed E-state index contributed by atoms with van der Waals surface area (Å²) < 4.78 is 0. The van der Waals surface area contributed by atoms with Crippen LogP contribution in [0.4, 0.5) is 0 Å². The van der Waals surface area contributed by atoms with Crippen molar-refractivity contribution < 1.29 is 117 Å². The largest absolute Gasteiger partial charge is 0.508 e. The molecule has 5 rings (SSSR count). The molecule has 39 nitrogen and oxygen atoms in total. The van der Waals surface area contributed by atoms with Crippen LogP contribution in [0.15, 0.2) is 109 Å². The molecular weight excluding hydrogens is 1590 g/mol. The van der Waals surface area contributed by atoms with Crippen LogP contribution in [0.5, 0.6) is 11.5 Å². The standard InChI is InChI=1S/C83H113N15O24/c1-7-44(4)68(85)80(119)94-58(40-48-19-14-11-15-20-48)76(115)88-53(30-34-63(84)101)72(111)87-54(31-35-64(102)103)74(113)95-61(42-50-24-28-52(100)29-25-50)83(122)98-38-16-21-62(98)79(118)93-60(43-67(108)109)77(116)89-56(33-37-66(106)107)75(114)96-69(45(5)8-2)81(120)90-55(32-36-65(104)105)73(112)92-59(41-49-22-26-51(99)27-23-49)78(117)97-70(46(6)9-3)82(121)91-57(71(86)110)39-47-17-12-10-13-18-47/h10-15,17-20,22-29,44-46,53-62,68-70,99-100H,7-9,16,21,30-43,85H2,1-6H3,(H2,84,101)(H2,86,110)(H,87,111)(H,88,115)(H,89,116)(H,90,120)(H,91,121)(H,92,112)(H,93,118)(H,94,119)(H,95,113)(H,96,114)(H,97,117)(H,102,103)(H,104,105)(H,106,107)(H,108,109)/t44-,45-,46-,53-,54-,55-,56-,57-,58-,59-,60-,61-,62-,68-,69-,70-/m0/s1. The number of primary amides is 2. The van der Waals surface area contributed by atoms with Crippen molar-refractivity contribution in [3.05, 3.63) is 131 Å². The van der Waals surface area contributed by atoms with Gasteiger partial charge in [-0.25, -0.2) is 0 Å². The first-order chi connectivity index (χ1) is 57.7. The number of nitrogens with zero attached hydrogens (tertiary/aromatic N) is 1. The van der Waals surface area contributed by atoms with Gasteiger partial charge in [0.2, 0.25) is 82.7 Å². The lowest BCUT2D eigenvalue weighted by Crippen LogP contribution is -2.62. The van der Waals surface area contributed by atoms with Crippen LogP contribution in [0.2, 0.25) is 0 Å². The van der Waals surface area contributed by atoms with Gasteiger partial charge in [0.05, 0.1) is 12.5 Å². The predicted molar refractivity (Wildman–Crippen MR) is 437 cm³/mol. The lowest BCUT2D eigenvalue weighted by atomic mass is 9.96. The Morgan fingerprint density at radius 2 is 0.689 bits per heavy atom. The number of carboxylic acids is 4. The van der Waals surface area contributed by atoms with E-state index in [-0.39, 0.29) is 68.1 Å². The summed E-state index contributed by atoms with van der Waals surface area (Å²) in [6, 6.07) is 6.42. The van der Waals surface area contributed by atoms with Crippen LogP contribution in [0.3, 0.4) is 0 Å². The van der Waals surface area contributed by atoms with Crippen molar-refractivity contribution in [3.8, 4) is 11.5 Å². The van der Waals surface area contributed by atoms with Crippen LogP contribution in [-0.4, -0.2) is 227 Å². The summed E-state index contributed by atoms with van der Waals surface area (Å²) in [5, 5.41) is 87.4. The minimum Gasteiger partial charge on any atom is -0.508 e. The van der Waals surface area contributed by atoms with Crippen LogP contribution in [-0.2, 0) is 112 Å². The Morgan fingerprint density at radius 1 is 0.369 bits per heavy atom. The number of nitrogens with two attached hydrogens (primary N) is 3. The second-order valence-electron chi connectivity index (χ2n) is 30.3. The zero-order valence-electron chi connectivity index (χ0n) is 68.8. The van der Waals surface area contributed by atoms with E-state index in [1.54, 1.807) is 95.3 Å². The SMILES string of the molecule is CC[C@H](C)[C@H](N)C(=O)N[C@@H](Cc1ccccc1)C(=O)N[C@@H](CCC(N)=O)C(=O)N[C@@H](CCC(=O)O)C(=O)N[C@@H](Cc1ccc(O)cc1)C(=O)N1CCC[C@H]1C(=O)N[C@@H](CC(=O)O)C(=O)N[C@@H](CCC(=O)O)C(=O)N[C@H](C(=O)N[C@@H](CCC(=O)O)C(=O)N[C@@H](Cc1ccc(O)cc1)C(=O)N[C@H](C(=O)N[C@@H](Cc1ccccc1)C(N)=O)[C@@H](C)CC)[C@@H](C)CC. The van der Waals surface area contributed by atoms with Gasteiger partial charge in [-0.05, 0) is 103 Å². The van der Waals surface area contributed by atoms with Gasteiger partial charge in [-0.3, -0.25) is 86.3 Å². The number of phenols is 2. The van der Waals surface area contributed by atoms with Crippen molar-refractivity contribution in [1.29, 1.82) is 0 Å². The maximum Gasteiger partial charge on any atom is 0.305 e. The molecule has 1 fully saturated rings. The number of aliphatic carboxylic acids is 4. The van der Waals surface area contributed by atoms with Gasteiger partial charge in [-0.1, -0.05) is 146 Å². The predicted octanol–water partition coefficient (Wildman–Crippen LogP) is -1.02. The molecule has 39 heteroatoms. The number of nitrogens with one attached hydrogen (secondary N) is 11. The van der Waals surface area contributed by atoms with Crippen molar-refractivity contribution in [2.75, 3.05) is 6.54 Å². The molecule has 4 aromatic carbocycles. The molecule has 1 aliphatic rings. The monoisotopic (exact) mass is 1700 g/mol. The second-order valence-corrected chi connectivity index (χ2v) is 30.3. The average Bonchev–Trinajstić information content (AvgIpc) is 1.61. The molecule has 0 aliphatic carbocycles. The fourth-order valence-electron chi connectivity index (χ4n) is 13.2. The van der Waals surface area contributed by atoms with E-state index in [1.165, 1.54) is 55.5 Å². The topological polar surface area (TPSA) is 642 Å². The molecule has 1 heterocycles. The van der Waals surface area contributed by atoms with Crippen molar-refractivity contribution in [1.82, 2.24) is 63.4 Å². The van der Waals surface area contributed by atoms with E-state index in [1.807, 2.05) is 0 Å². The molecule has 0 saturated carbocycles. The molecule has 16 atom stereocenters. The molecule has 23 N–H and O–H groups in total. The Hall–Kier alpha value is -13.1. The first kappa shape index (κ1) is 99.5. The molecule has 0 spiro atoms. The minimum absolute atomic E-state index is 0.0128. The van der Waals surface area contributed by atoms with E-state index in [9.17, 15) is 112 Å². The summed E-state index contributed by atoms with van der Waals surface area (Å²) in [6.07, 6.45) is -6.95. The minimum atomic E-state index is -2.14. The second kappa shape index (κ2) is 49.5. The van der Waals surface area contributed by atoms with Gasteiger partial charge < -0.3 is 111 Å². The number of benzene rings is 4. The third-order valence-electron chi connectivity index (χ3n) is 21.0. The average molecular weight is 1700 g/mol. The highest BCUT2D eigenvalue weighted by Gasteiger charge is 2.43. The number of rotatable bonds is 52. The number of phenolic OH excluding ortho intramolecular Hbond substituents is 2. The molecule has 0 unspecified atom stereocenters. The van der Waals surface area contributed by atoms with E-state index in [4.69, 9.17) is 17.2 Å². The number of carboxylic acid groups (broad SMARTS) is 4. The summed E-state index contributed by atoms with van der Waals surface area (Å²) >= 11 is 0. The fraction of sp³-hybridized carbons (Fsp3) is 0.494. The summed E-state index contributed by atoms with van der Waals surface area (Å²) in [5.41, 5.74) is 19.3. The molecule has 0 bridgehead atoms. The molecule has 4 aromatic rings. The van der Waals surface area contributed by atoms with E-state index >= 15 is 4.79 Å². The summed E-state index contributed by atoms with van der Waals surface area (Å²) in [4.78, 5) is 249. The first-order valence-electron chi connectivity index (χ1n) is 40.2. The number of aromatic hydroxyl groups is 2. The van der Waals surface area contributed by atoms with Crippen LogP contribution in [0.25, 0.3) is 0 Å². The smallest absolute Gasteiger partial charge is 0.305 e. The zero-order valence-corrected chi connectivity index (χ0v) is 68.8. The molecule has 664 valence electrons. The number of amides is 14. The van der Waals surface area contributed by atoms with E-state index < -0.39 is 261 Å². The number of carbonyl (C=O) groups excluding carboxylic acids is 14. The van der Waals surface area contributed by atoms with Crippen molar-refractivity contribution in [3.63, 3.8) is 0 Å². The van der Waals surface area contributed by atoms with Gasteiger partial charge >= 0.3 is 23.9 Å². The lowest BCUT2D eigenvalue weighted by molar-refractivity contribution is -0.144. The first-order valence-corrected chi connectivity index (χ1v) is 40.2. The van der Waals surface area contributed by atoms with Gasteiger partial charge in [-0.2, -0.15) is 0 Å². The van der Waals surface area contributed by atoms with E-state index in [0.29, 0.717) is 29.5 Å². The summed E-state index contributed by atoms with van der Waals surface area (Å²) in [6.45, 7) is 9.69. The molecule has 122 heavy (non-hydrogen) atoms. The Kier molecular flexibility index (Phi) is 40.3. The highest BCUT2D eigenvalue weighted by atomic mass is 16.4. The number of likely N-dealkylation sites (tertiary alicyclic amines) is 1. The van der Waals surface area contributed by atoms with Crippen LogP contribution in [0, 0.1) is 17.8 Å². The Balaban J connectivity index is 1.41. The van der Waals surface area contributed by atoms with Crippen LogP contribution < -0.4 is 75.7 Å². The van der Waals surface area contributed by atoms with Gasteiger partial charge in [-0.15, -0.1) is 0 Å². The highest BCUT2D eigenvalue weighted by molar-refractivity contribution is 6.01. The van der Waals surface area contributed by atoms with Crippen molar-refractivity contribution >= 4 is 107 Å². The molecular formula is C83H113N15O24. The maximum absolute atomic E-state index is 15.1. The van der Waals surface area contributed by atoms with Crippen LogP contribution in [0.1, 0.15) is 154 Å². The molecule has 0 aromatic heterocycles. The van der Waals surface area contributed by atoms with Gasteiger partial charge in [0.25, 0.3) is 0 Å². The zero-order chi connectivity index (χ0) is 90.6.